The molecule has 0 aliphatic heterocycles. The van der Waals surface area contributed by atoms with Crippen LogP contribution in [0.2, 0.25) is 0 Å². The van der Waals surface area contributed by atoms with Gasteiger partial charge in [0, 0.05) is 19.3 Å². The molecule has 0 saturated heterocycles. The maximum atomic E-state index is 12.9. The van der Waals surface area contributed by atoms with E-state index in [4.69, 9.17) is 14.2 Å². The number of carbonyl (C=O) groups is 3. The van der Waals surface area contributed by atoms with Crippen molar-refractivity contribution in [2.24, 2.45) is 0 Å². The fourth-order valence-electron chi connectivity index (χ4n) is 8.69. The van der Waals surface area contributed by atoms with Crippen LogP contribution in [0.4, 0.5) is 0 Å². The summed E-state index contributed by atoms with van der Waals surface area (Å²) < 4.78 is 16.8. The van der Waals surface area contributed by atoms with Gasteiger partial charge in [0.1, 0.15) is 13.2 Å². The molecule has 1 unspecified atom stereocenters. The standard InChI is InChI=1S/C68H116O6/c1-4-7-10-13-16-19-21-23-25-27-29-31-32-33-34-35-36-37-39-40-42-44-46-49-52-55-58-61-67(70)73-64-65(63-72-66(69)60-57-54-51-48-18-15-12-9-6-3)74-68(71)62-59-56-53-50-47-45-43-41-38-30-28-26-24-22-20-17-14-11-8-5-2/h7,10,16,19,23,25,29,31,33-34,36-37,40,42,46,49,65H,4-6,8-9,11-15,17-18,20-22,24,26-28,30,32,35,38-39,41,43-45,47-48,50-64H2,1-3H3/b10-7-,19-16-,25-23-,31-29-,34-33-,37-36-,42-40-,49-46-. The lowest BCUT2D eigenvalue weighted by molar-refractivity contribution is -0.167. The monoisotopic (exact) mass is 1030 g/mol. The number of carbonyl (C=O) groups excluding carboxylic acids is 3. The number of hydrogen-bond acceptors (Lipinski definition) is 6. The molecular weight excluding hydrogens is 913 g/mol. The number of allylic oxidation sites excluding steroid dienone is 16. The smallest absolute Gasteiger partial charge is 0.306 e. The molecule has 0 spiro atoms. The van der Waals surface area contributed by atoms with Gasteiger partial charge in [-0.15, -0.1) is 0 Å². The number of esters is 3. The first-order chi connectivity index (χ1) is 36.5. The van der Waals surface area contributed by atoms with Crippen molar-refractivity contribution in [3.63, 3.8) is 0 Å². The van der Waals surface area contributed by atoms with Gasteiger partial charge in [0.05, 0.1) is 0 Å². The van der Waals surface area contributed by atoms with Crippen LogP contribution in [-0.4, -0.2) is 37.2 Å². The molecule has 0 radical (unpaired) electrons. The third-order valence-electron chi connectivity index (χ3n) is 13.4. The third kappa shape index (κ3) is 59.2. The van der Waals surface area contributed by atoms with Crippen molar-refractivity contribution >= 4 is 17.9 Å². The minimum atomic E-state index is -0.793. The zero-order chi connectivity index (χ0) is 53.6. The second kappa shape index (κ2) is 61.9. The van der Waals surface area contributed by atoms with Crippen LogP contribution >= 0.6 is 0 Å². The molecule has 74 heavy (non-hydrogen) atoms. The van der Waals surface area contributed by atoms with E-state index in [2.05, 4.69) is 118 Å². The van der Waals surface area contributed by atoms with Gasteiger partial charge in [0.2, 0.25) is 0 Å². The lowest BCUT2D eigenvalue weighted by atomic mass is 10.0. The fraction of sp³-hybridized carbons (Fsp3) is 0.721. The van der Waals surface area contributed by atoms with Gasteiger partial charge in [-0.3, -0.25) is 14.4 Å². The highest BCUT2D eigenvalue weighted by molar-refractivity contribution is 5.71. The molecule has 0 bridgehead atoms. The third-order valence-corrected chi connectivity index (χ3v) is 13.4. The molecule has 0 aromatic rings. The van der Waals surface area contributed by atoms with Crippen LogP contribution in [-0.2, 0) is 28.6 Å². The van der Waals surface area contributed by atoms with Crippen LogP contribution in [0.1, 0.15) is 297 Å². The first-order valence-electron chi connectivity index (χ1n) is 31.2. The van der Waals surface area contributed by atoms with E-state index in [0.717, 1.165) is 109 Å². The van der Waals surface area contributed by atoms with Crippen molar-refractivity contribution in [2.45, 2.75) is 303 Å². The predicted molar refractivity (Wildman–Crippen MR) is 320 cm³/mol. The molecular formula is C68H116O6. The molecule has 0 aromatic heterocycles. The van der Waals surface area contributed by atoms with Crippen molar-refractivity contribution in [3.8, 4) is 0 Å². The average Bonchev–Trinajstić information content (AvgIpc) is 3.40. The van der Waals surface area contributed by atoms with Crippen molar-refractivity contribution < 1.29 is 28.6 Å². The molecule has 0 saturated carbocycles. The minimum absolute atomic E-state index is 0.0881. The van der Waals surface area contributed by atoms with E-state index in [1.165, 1.54) is 148 Å². The van der Waals surface area contributed by atoms with Gasteiger partial charge >= 0.3 is 17.9 Å². The van der Waals surface area contributed by atoms with E-state index in [0.29, 0.717) is 19.3 Å². The molecule has 0 N–H and O–H groups in total. The Hall–Kier alpha value is -3.67. The second-order valence-electron chi connectivity index (χ2n) is 20.6. The van der Waals surface area contributed by atoms with Crippen LogP contribution in [0.25, 0.3) is 0 Å². The number of rotatable bonds is 56. The Bertz CT molecular complexity index is 1460. The minimum Gasteiger partial charge on any atom is -0.462 e. The summed E-state index contributed by atoms with van der Waals surface area (Å²) in [7, 11) is 0. The first-order valence-corrected chi connectivity index (χ1v) is 31.2. The Kier molecular flexibility index (Phi) is 58.8. The van der Waals surface area contributed by atoms with E-state index < -0.39 is 6.10 Å². The van der Waals surface area contributed by atoms with E-state index in [-0.39, 0.29) is 31.1 Å². The first kappa shape index (κ1) is 70.3. The molecule has 0 heterocycles. The molecule has 1 atom stereocenters. The fourth-order valence-corrected chi connectivity index (χ4v) is 8.69. The SMILES string of the molecule is CC/C=C\C/C=C\C/C=C\C/C=C\C/C=C\C/C=C\C/C=C\C/C=C\CCCCC(=O)OCC(COC(=O)CCCCCCCCCCC)OC(=O)CCCCCCCCCCCCCCCCCCCCCC. The molecule has 0 aliphatic rings. The van der Waals surface area contributed by atoms with E-state index in [1.807, 2.05) is 0 Å². The van der Waals surface area contributed by atoms with Crippen molar-refractivity contribution in [2.75, 3.05) is 13.2 Å². The van der Waals surface area contributed by atoms with Gasteiger partial charge in [0.15, 0.2) is 6.10 Å². The molecule has 0 aromatic carbocycles. The molecule has 6 nitrogen and oxygen atoms in total. The summed E-state index contributed by atoms with van der Waals surface area (Å²) in [5.41, 5.74) is 0. The summed E-state index contributed by atoms with van der Waals surface area (Å²) in [6.45, 7) is 6.50. The Morgan fingerprint density at radius 1 is 0.284 bits per heavy atom. The van der Waals surface area contributed by atoms with Crippen LogP contribution in [0.15, 0.2) is 97.2 Å². The quantitative estimate of drug-likeness (QED) is 0.0261. The molecule has 0 fully saturated rings. The molecule has 0 amide bonds. The van der Waals surface area contributed by atoms with Gasteiger partial charge < -0.3 is 14.2 Å². The van der Waals surface area contributed by atoms with Crippen LogP contribution in [0.3, 0.4) is 0 Å². The van der Waals surface area contributed by atoms with E-state index >= 15 is 0 Å². The number of hydrogen-bond donors (Lipinski definition) is 0. The number of unbranched alkanes of at least 4 members (excludes halogenated alkanes) is 29. The zero-order valence-corrected chi connectivity index (χ0v) is 48.6. The van der Waals surface area contributed by atoms with Gasteiger partial charge in [-0.05, 0) is 83.5 Å². The maximum absolute atomic E-state index is 12.9. The molecule has 424 valence electrons. The maximum Gasteiger partial charge on any atom is 0.306 e. The number of ether oxygens (including phenoxy) is 3. The zero-order valence-electron chi connectivity index (χ0n) is 48.6. The topological polar surface area (TPSA) is 78.9 Å². The Labute approximate surface area is 457 Å². The highest BCUT2D eigenvalue weighted by Gasteiger charge is 2.19. The summed E-state index contributed by atoms with van der Waals surface area (Å²) in [6, 6.07) is 0. The molecule has 6 heteroatoms. The van der Waals surface area contributed by atoms with Gasteiger partial charge in [-0.25, -0.2) is 0 Å². The van der Waals surface area contributed by atoms with Gasteiger partial charge in [0.25, 0.3) is 0 Å². The Morgan fingerprint density at radius 3 is 0.824 bits per heavy atom. The Morgan fingerprint density at radius 2 is 0.527 bits per heavy atom. The van der Waals surface area contributed by atoms with Crippen molar-refractivity contribution in [1.29, 1.82) is 0 Å². The summed E-state index contributed by atoms with van der Waals surface area (Å²) in [5.74, 6) is -0.927. The van der Waals surface area contributed by atoms with E-state index in [1.54, 1.807) is 0 Å². The highest BCUT2D eigenvalue weighted by atomic mass is 16.6. The van der Waals surface area contributed by atoms with Crippen molar-refractivity contribution in [1.82, 2.24) is 0 Å². The van der Waals surface area contributed by atoms with Crippen LogP contribution in [0, 0.1) is 0 Å². The highest BCUT2D eigenvalue weighted by Crippen LogP contribution is 2.16. The normalized spacial score (nSPS) is 12.7. The molecule has 0 rings (SSSR count). The Balaban J connectivity index is 4.32. The van der Waals surface area contributed by atoms with Gasteiger partial charge in [-0.2, -0.15) is 0 Å². The van der Waals surface area contributed by atoms with E-state index in [9.17, 15) is 14.4 Å². The van der Waals surface area contributed by atoms with Crippen LogP contribution < -0.4 is 0 Å². The predicted octanol–water partition coefficient (Wildman–Crippen LogP) is 21.3. The van der Waals surface area contributed by atoms with Gasteiger partial charge in [-0.1, -0.05) is 291 Å². The second-order valence-corrected chi connectivity index (χ2v) is 20.6. The summed E-state index contributed by atoms with van der Waals surface area (Å²) in [5, 5.41) is 0. The summed E-state index contributed by atoms with van der Waals surface area (Å²) >= 11 is 0. The average molecular weight is 1030 g/mol. The summed E-state index contributed by atoms with van der Waals surface area (Å²) in [4.78, 5) is 38.1. The van der Waals surface area contributed by atoms with Crippen LogP contribution in [0.5, 0.6) is 0 Å². The lowest BCUT2D eigenvalue weighted by Gasteiger charge is -2.18. The lowest BCUT2D eigenvalue weighted by Crippen LogP contribution is -2.30. The summed E-state index contributed by atoms with van der Waals surface area (Å²) in [6.07, 6.45) is 82.8. The van der Waals surface area contributed by atoms with Crippen molar-refractivity contribution in [3.05, 3.63) is 97.2 Å². The molecule has 0 aliphatic carbocycles. The largest absolute Gasteiger partial charge is 0.462 e.